The molecule has 1 aromatic heterocycles. The molecule has 0 aliphatic heterocycles. The van der Waals surface area contributed by atoms with E-state index < -0.39 is 9.84 Å². The predicted octanol–water partition coefficient (Wildman–Crippen LogP) is 3.05. The van der Waals surface area contributed by atoms with E-state index in [0.29, 0.717) is 27.9 Å². The Morgan fingerprint density at radius 3 is 2.60 bits per heavy atom. The van der Waals surface area contributed by atoms with E-state index in [1.807, 2.05) is 6.92 Å². The molecule has 0 saturated carbocycles. The summed E-state index contributed by atoms with van der Waals surface area (Å²) in [6.07, 6.45) is 0.590. The lowest BCUT2D eigenvalue weighted by Gasteiger charge is -2.04. The minimum Gasteiger partial charge on any atom is -0.338 e. The van der Waals surface area contributed by atoms with Gasteiger partial charge < -0.3 is 4.52 Å². The Bertz CT molecular complexity index is 713. The van der Waals surface area contributed by atoms with Crippen LogP contribution in [0.1, 0.15) is 24.2 Å². The van der Waals surface area contributed by atoms with Gasteiger partial charge in [-0.2, -0.15) is 4.98 Å². The van der Waals surface area contributed by atoms with Gasteiger partial charge in [0.1, 0.15) is 5.75 Å². The van der Waals surface area contributed by atoms with Gasteiger partial charge in [0.25, 0.3) is 0 Å². The summed E-state index contributed by atoms with van der Waals surface area (Å²) >= 11 is 11.7. The summed E-state index contributed by atoms with van der Waals surface area (Å²) in [4.78, 5) is 3.98. The molecule has 1 heterocycles. The molecule has 0 unspecified atom stereocenters. The van der Waals surface area contributed by atoms with Crippen LogP contribution in [0.3, 0.4) is 0 Å². The fourth-order valence-electron chi connectivity index (χ4n) is 1.61. The van der Waals surface area contributed by atoms with Gasteiger partial charge in [-0.05, 0) is 17.7 Å². The van der Waals surface area contributed by atoms with Gasteiger partial charge in [-0.15, -0.1) is 0 Å². The fourth-order valence-corrected chi connectivity index (χ4v) is 3.48. The molecule has 0 spiro atoms. The van der Waals surface area contributed by atoms with Crippen LogP contribution >= 0.6 is 23.2 Å². The van der Waals surface area contributed by atoms with Crippen molar-refractivity contribution < 1.29 is 12.9 Å². The third-order valence-corrected chi connectivity index (χ3v) is 4.58. The third-order valence-electron chi connectivity index (χ3n) is 2.56. The highest BCUT2D eigenvalue weighted by atomic mass is 35.5. The highest BCUT2D eigenvalue weighted by Gasteiger charge is 2.19. The van der Waals surface area contributed by atoms with Crippen molar-refractivity contribution in [2.24, 2.45) is 0 Å². The first kappa shape index (κ1) is 15.3. The highest BCUT2D eigenvalue weighted by Crippen LogP contribution is 2.23. The van der Waals surface area contributed by atoms with Crippen molar-refractivity contribution in [3.63, 3.8) is 0 Å². The van der Waals surface area contributed by atoms with E-state index in [1.165, 1.54) is 6.07 Å². The molecular weight excluding hydrogens is 323 g/mol. The average Bonchev–Trinajstić information content (AvgIpc) is 2.79. The average molecular weight is 335 g/mol. The number of benzene rings is 1. The zero-order valence-corrected chi connectivity index (χ0v) is 13.0. The van der Waals surface area contributed by atoms with Crippen molar-refractivity contribution in [3.8, 4) is 0 Å². The van der Waals surface area contributed by atoms with Crippen molar-refractivity contribution in [3.05, 3.63) is 45.5 Å². The summed E-state index contributed by atoms with van der Waals surface area (Å²) in [6, 6.07) is 4.70. The summed E-state index contributed by atoms with van der Waals surface area (Å²) in [5.41, 5.74) is 0.492. The van der Waals surface area contributed by atoms with Gasteiger partial charge in [0, 0.05) is 16.5 Å². The van der Waals surface area contributed by atoms with Gasteiger partial charge in [-0.25, -0.2) is 8.42 Å². The summed E-state index contributed by atoms with van der Waals surface area (Å²) in [6.45, 7) is 1.86. The fraction of sp³-hybridized carbons (Fsp3) is 0.333. The van der Waals surface area contributed by atoms with Crippen molar-refractivity contribution in [2.45, 2.75) is 24.9 Å². The maximum absolute atomic E-state index is 12.1. The molecule has 0 bridgehead atoms. The Morgan fingerprint density at radius 1 is 1.25 bits per heavy atom. The summed E-state index contributed by atoms with van der Waals surface area (Å²) in [5, 5.41) is 4.44. The molecule has 0 amide bonds. The molecule has 2 rings (SSSR count). The maximum Gasteiger partial charge on any atom is 0.241 e. The molecule has 0 saturated heterocycles. The second kappa shape index (κ2) is 6.11. The monoisotopic (exact) mass is 334 g/mol. The Labute approximate surface area is 126 Å². The van der Waals surface area contributed by atoms with Crippen LogP contribution in [0.5, 0.6) is 0 Å². The Balaban J connectivity index is 2.14. The Morgan fingerprint density at radius 2 is 2.00 bits per heavy atom. The van der Waals surface area contributed by atoms with Gasteiger partial charge >= 0.3 is 0 Å². The summed E-state index contributed by atoms with van der Waals surface area (Å²) in [7, 11) is -3.44. The standard InChI is InChI=1S/C12H12Cl2N2O3S/c1-2-11-15-12(19-16-11)7-20(17,18)6-8-3-4-9(13)5-10(8)14/h3-5H,2,6-7H2,1H3. The Kier molecular flexibility index (Phi) is 4.67. The predicted molar refractivity (Wildman–Crippen MR) is 76.5 cm³/mol. The summed E-state index contributed by atoms with van der Waals surface area (Å²) < 4.78 is 29.1. The molecule has 5 nitrogen and oxygen atoms in total. The molecule has 20 heavy (non-hydrogen) atoms. The molecular formula is C12H12Cl2N2O3S. The van der Waals surface area contributed by atoms with E-state index in [9.17, 15) is 8.42 Å². The molecule has 0 aliphatic carbocycles. The van der Waals surface area contributed by atoms with Crippen LogP contribution < -0.4 is 0 Å². The number of aromatic nitrogens is 2. The van der Waals surface area contributed by atoms with Crippen molar-refractivity contribution in [1.82, 2.24) is 10.1 Å². The van der Waals surface area contributed by atoms with Crippen LogP contribution in [-0.2, 0) is 27.8 Å². The van der Waals surface area contributed by atoms with Crippen LogP contribution in [-0.4, -0.2) is 18.6 Å². The van der Waals surface area contributed by atoms with Gasteiger partial charge in [-0.1, -0.05) is 41.3 Å². The first-order chi connectivity index (χ1) is 9.39. The normalized spacial score (nSPS) is 11.8. The number of aryl methyl sites for hydroxylation is 1. The number of rotatable bonds is 5. The molecule has 0 N–H and O–H groups in total. The van der Waals surface area contributed by atoms with Crippen LogP contribution in [0, 0.1) is 0 Å². The third kappa shape index (κ3) is 3.94. The number of sulfone groups is 1. The van der Waals surface area contributed by atoms with Crippen LogP contribution in [0.25, 0.3) is 0 Å². The van der Waals surface area contributed by atoms with Gasteiger partial charge in [0.15, 0.2) is 15.7 Å². The molecule has 0 aliphatic rings. The molecule has 0 atom stereocenters. The SMILES string of the molecule is CCc1noc(CS(=O)(=O)Cc2ccc(Cl)cc2Cl)n1. The molecule has 2 aromatic rings. The number of hydrogen-bond donors (Lipinski definition) is 0. The number of hydrogen-bond acceptors (Lipinski definition) is 5. The van der Waals surface area contributed by atoms with E-state index in [2.05, 4.69) is 10.1 Å². The number of halogens is 2. The maximum atomic E-state index is 12.1. The topological polar surface area (TPSA) is 73.1 Å². The van der Waals surface area contributed by atoms with Crippen molar-refractivity contribution in [1.29, 1.82) is 0 Å². The molecule has 0 radical (unpaired) electrons. The van der Waals surface area contributed by atoms with E-state index >= 15 is 0 Å². The highest BCUT2D eigenvalue weighted by molar-refractivity contribution is 7.89. The van der Waals surface area contributed by atoms with E-state index in [-0.39, 0.29) is 17.4 Å². The van der Waals surface area contributed by atoms with Crippen LogP contribution in [0.4, 0.5) is 0 Å². The first-order valence-corrected chi connectivity index (χ1v) is 8.43. The quantitative estimate of drug-likeness (QED) is 0.840. The van der Waals surface area contributed by atoms with Gasteiger partial charge in [0.05, 0.1) is 5.75 Å². The van der Waals surface area contributed by atoms with Crippen molar-refractivity contribution in [2.75, 3.05) is 0 Å². The van der Waals surface area contributed by atoms with Gasteiger partial charge in [-0.3, -0.25) is 0 Å². The lowest BCUT2D eigenvalue weighted by Crippen LogP contribution is -2.08. The van der Waals surface area contributed by atoms with Crippen LogP contribution in [0.15, 0.2) is 22.7 Å². The van der Waals surface area contributed by atoms with E-state index in [4.69, 9.17) is 27.7 Å². The smallest absolute Gasteiger partial charge is 0.241 e. The minimum atomic E-state index is -3.44. The minimum absolute atomic E-state index is 0.0898. The largest absolute Gasteiger partial charge is 0.338 e. The zero-order chi connectivity index (χ0) is 14.8. The number of nitrogens with zero attached hydrogens (tertiary/aromatic N) is 2. The Hall–Kier alpha value is -1.11. The van der Waals surface area contributed by atoms with E-state index in [1.54, 1.807) is 12.1 Å². The zero-order valence-electron chi connectivity index (χ0n) is 10.6. The van der Waals surface area contributed by atoms with Crippen molar-refractivity contribution >= 4 is 33.0 Å². The molecule has 1 aromatic carbocycles. The lowest BCUT2D eigenvalue weighted by atomic mass is 10.2. The molecule has 8 heteroatoms. The molecule has 108 valence electrons. The second-order valence-corrected chi connectivity index (χ2v) is 7.13. The lowest BCUT2D eigenvalue weighted by molar-refractivity contribution is 0.383. The molecule has 0 fully saturated rings. The first-order valence-electron chi connectivity index (χ1n) is 5.85. The van der Waals surface area contributed by atoms with Gasteiger partial charge in [0.2, 0.25) is 5.89 Å². The second-order valence-electron chi connectivity index (χ2n) is 4.23. The summed E-state index contributed by atoms with van der Waals surface area (Å²) in [5.74, 6) is 0.0675. The van der Waals surface area contributed by atoms with E-state index in [0.717, 1.165) is 0 Å². The van der Waals surface area contributed by atoms with Crippen LogP contribution in [0.2, 0.25) is 10.0 Å².